The van der Waals surface area contributed by atoms with Crippen LogP contribution in [0.2, 0.25) is 0 Å². The van der Waals surface area contributed by atoms with Crippen molar-refractivity contribution in [2.24, 2.45) is 5.92 Å². The summed E-state index contributed by atoms with van der Waals surface area (Å²) in [7, 11) is 0. The molecule has 0 rings (SSSR count). The molecule has 0 saturated heterocycles. The first kappa shape index (κ1) is 77.4. The Bertz CT molecular complexity index is 1040. The highest BCUT2D eigenvalue weighted by molar-refractivity contribution is 5.70. The Morgan fingerprint density at radius 1 is 0.190 bits per heavy atom. The highest BCUT2D eigenvalue weighted by Gasteiger charge is 2.18. The van der Waals surface area contributed by atoms with Gasteiger partial charge in [0.25, 0.3) is 0 Å². The zero-order chi connectivity index (χ0) is 57.1. The molecular weight excluding hydrogens is 973 g/mol. The van der Waals surface area contributed by atoms with Gasteiger partial charge in [-0.3, -0.25) is 14.4 Å². The molecule has 6 heteroatoms. The van der Waals surface area contributed by atoms with E-state index in [1.807, 2.05) is 0 Å². The van der Waals surface area contributed by atoms with Gasteiger partial charge in [-0.1, -0.05) is 387 Å². The van der Waals surface area contributed by atoms with Gasteiger partial charge in [-0.05, 0) is 19.3 Å². The Labute approximate surface area is 495 Å². The summed E-state index contributed by atoms with van der Waals surface area (Å²) in [5.74, 6) is -0.979. The van der Waals surface area contributed by atoms with Crippen molar-refractivity contribution in [3.63, 3.8) is 0 Å². The minimum atomic E-state index is -0.350. The first-order valence-electron chi connectivity index (χ1n) is 36.5. The second-order valence-electron chi connectivity index (χ2n) is 25.3. The van der Waals surface area contributed by atoms with E-state index in [1.165, 1.54) is 347 Å². The Kier molecular flexibility index (Phi) is 67.5. The molecule has 0 aromatic rings. The zero-order valence-corrected chi connectivity index (χ0v) is 54.2. The van der Waals surface area contributed by atoms with Gasteiger partial charge in [0, 0.05) is 19.3 Å². The molecule has 6 nitrogen and oxygen atoms in total. The van der Waals surface area contributed by atoms with Gasteiger partial charge in [0.2, 0.25) is 0 Å². The number of unbranched alkanes of at least 4 members (excludes halogenated alkanes) is 57. The molecule has 0 aromatic heterocycles. The predicted molar refractivity (Wildman–Crippen MR) is 344 cm³/mol. The summed E-state index contributed by atoms with van der Waals surface area (Å²) < 4.78 is 17.1. The van der Waals surface area contributed by atoms with Crippen molar-refractivity contribution in [1.82, 2.24) is 0 Å². The smallest absolute Gasteiger partial charge is 0.305 e. The fraction of sp³-hybridized carbons (Fsp3) is 0.959. The summed E-state index contributed by atoms with van der Waals surface area (Å²) >= 11 is 0. The van der Waals surface area contributed by atoms with Gasteiger partial charge in [0.05, 0.1) is 5.92 Å². The molecule has 0 aliphatic heterocycles. The molecule has 0 atom stereocenters. The number of ether oxygens (including phenoxy) is 3. The van der Waals surface area contributed by atoms with Crippen molar-refractivity contribution in [2.75, 3.05) is 19.8 Å². The van der Waals surface area contributed by atoms with Gasteiger partial charge in [0.15, 0.2) is 0 Å². The van der Waals surface area contributed by atoms with E-state index in [0.29, 0.717) is 19.3 Å². The van der Waals surface area contributed by atoms with Crippen LogP contribution in [0.4, 0.5) is 0 Å². The average Bonchev–Trinajstić information content (AvgIpc) is 3.45. The third-order valence-corrected chi connectivity index (χ3v) is 17.1. The van der Waals surface area contributed by atoms with Crippen LogP contribution in [0, 0.1) is 5.92 Å². The molecule has 0 N–H and O–H groups in total. The van der Waals surface area contributed by atoms with Gasteiger partial charge < -0.3 is 14.2 Å². The molecule has 79 heavy (non-hydrogen) atoms. The molecule has 0 aromatic carbocycles. The van der Waals surface area contributed by atoms with Crippen molar-refractivity contribution in [1.29, 1.82) is 0 Å². The minimum absolute atomic E-state index is 0.108. The van der Waals surface area contributed by atoms with Crippen LogP contribution in [0.1, 0.15) is 425 Å². The fourth-order valence-corrected chi connectivity index (χ4v) is 11.6. The van der Waals surface area contributed by atoms with E-state index in [1.54, 1.807) is 0 Å². The maximum absolute atomic E-state index is 12.8. The van der Waals surface area contributed by atoms with Crippen LogP contribution >= 0.6 is 0 Å². The van der Waals surface area contributed by atoms with Crippen LogP contribution in [-0.2, 0) is 28.6 Å². The number of carbonyl (C=O) groups is 3. The van der Waals surface area contributed by atoms with Gasteiger partial charge >= 0.3 is 17.9 Å². The first-order valence-corrected chi connectivity index (χ1v) is 36.5. The lowest BCUT2D eigenvalue weighted by molar-refractivity contribution is -0.153. The number of hydrogen-bond donors (Lipinski definition) is 0. The molecule has 0 amide bonds. The molecule has 0 spiro atoms. The van der Waals surface area contributed by atoms with Gasteiger partial charge in [-0.25, -0.2) is 0 Å². The third-order valence-electron chi connectivity index (χ3n) is 17.1. The highest BCUT2D eigenvalue weighted by atomic mass is 16.6. The Morgan fingerprint density at radius 3 is 0.430 bits per heavy atom. The fourth-order valence-electron chi connectivity index (χ4n) is 11.6. The van der Waals surface area contributed by atoms with Crippen molar-refractivity contribution in [2.45, 2.75) is 425 Å². The van der Waals surface area contributed by atoms with Crippen molar-refractivity contribution in [3.05, 3.63) is 0 Å². The average molecular weight is 1120 g/mol. The molecule has 0 heterocycles. The Hall–Kier alpha value is -1.59. The van der Waals surface area contributed by atoms with Gasteiger partial charge in [-0.2, -0.15) is 0 Å². The standard InChI is InChI=1S/C73H142O6/c1-4-7-10-13-16-19-22-25-28-31-34-37-40-43-46-49-52-55-58-61-64-71(74)77-67-70(68-78-72(75)65-62-59-56-53-50-47-44-41-38-35-32-29-26-23-20-17-14-11-8-5-2)69-79-73(76)66-63-60-57-54-51-48-45-42-39-36-33-30-27-24-21-18-15-12-9-6-3/h70H,4-69H2,1-3H3. The van der Waals surface area contributed by atoms with Gasteiger partial charge in [-0.15, -0.1) is 0 Å². The summed E-state index contributed by atoms with van der Waals surface area (Å²) in [6.07, 6.45) is 81.2. The maximum atomic E-state index is 12.8. The van der Waals surface area contributed by atoms with E-state index >= 15 is 0 Å². The first-order chi connectivity index (χ1) is 39.0. The quantitative estimate of drug-likeness (QED) is 0.0343. The van der Waals surface area contributed by atoms with E-state index in [9.17, 15) is 14.4 Å². The molecule has 0 saturated carbocycles. The molecule has 470 valence electrons. The molecule has 0 bridgehead atoms. The van der Waals surface area contributed by atoms with Crippen molar-refractivity contribution >= 4 is 17.9 Å². The summed E-state index contributed by atoms with van der Waals surface area (Å²) in [6, 6.07) is 0. The Balaban J connectivity index is 4.26. The normalized spacial score (nSPS) is 11.5. The van der Waals surface area contributed by atoms with E-state index < -0.39 is 0 Å². The summed E-state index contributed by atoms with van der Waals surface area (Å²) in [4.78, 5) is 38.4. The summed E-state index contributed by atoms with van der Waals surface area (Å²) in [5.41, 5.74) is 0. The molecular formula is C73H142O6. The lowest BCUT2D eigenvalue weighted by Gasteiger charge is -2.17. The van der Waals surface area contributed by atoms with Crippen LogP contribution in [0.15, 0.2) is 0 Å². The van der Waals surface area contributed by atoms with E-state index in [2.05, 4.69) is 20.8 Å². The minimum Gasteiger partial charge on any atom is -0.465 e. The lowest BCUT2D eigenvalue weighted by atomic mass is 10.0. The molecule has 0 radical (unpaired) electrons. The van der Waals surface area contributed by atoms with E-state index in [-0.39, 0.29) is 43.6 Å². The monoisotopic (exact) mass is 1120 g/mol. The number of carbonyl (C=O) groups excluding carboxylic acids is 3. The molecule has 0 fully saturated rings. The van der Waals surface area contributed by atoms with Crippen LogP contribution < -0.4 is 0 Å². The second kappa shape index (κ2) is 68.9. The second-order valence-corrected chi connectivity index (χ2v) is 25.3. The van der Waals surface area contributed by atoms with E-state index in [0.717, 1.165) is 38.5 Å². The van der Waals surface area contributed by atoms with Crippen LogP contribution in [0.3, 0.4) is 0 Å². The van der Waals surface area contributed by atoms with Crippen LogP contribution in [0.25, 0.3) is 0 Å². The van der Waals surface area contributed by atoms with Gasteiger partial charge in [0.1, 0.15) is 19.8 Å². The number of rotatable bonds is 69. The molecule has 0 aliphatic rings. The highest BCUT2D eigenvalue weighted by Crippen LogP contribution is 2.20. The zero-order valence-electron chi connectivity index (χ0n) is 54.2. The molecule has 0 aliphatic carbocycles. The number of hydrogen-bond acceptors (Lipinski definition) is 6. The largest absolute Gasteiger partial charge is 0.465 e. The van der Waals surface area contributed by atoms with Crippen molar-refractivity contribution < 1.29 is 28.6 Å². The maximum Gasteiger partial charge on any atom is 0.305 e. The third kappa shape index (κ3) is 67.1. The topological polar surface area (TPSA) is 78.9 Å². The van der Waals surface area contributed by atoms with Crippen LogP contribution in [0.5, 0.6) is 0 Å². The molecule has 0 unspecified atom stereocenters. The van der Waals surface area contributed by atoms with Crippen LogP contribution in [-0.4, -0.2) is 37.7 Å². The predicted octanol–water partition coefficient (Wildman–Crippen LogP) is 24.9. The lowest BCUT2D eigenvalue weighted by Crippen LogP contribution is -2.26. The number of esters is 3. The van der Waals surface area contributed by atoms with Crippen molar-refractivity contribution in [3.8, 4) is 0 Å². The summed E-state index contributed by atoms with van der Waals surface area (Å²) in [6.45, 7) is 7.20. The SMILES string of the molecule is CCCCCCCCCCCCCCCCCCCCCCC(=O)OCC(COC(=O)CCCCCCCCCCCCCCCCCCCCCC)COC(=O)CCCCCCCCCCCCCCCCCCCCCC. The summed E-state index contributed by atoms with van der Waals surface area (Å²) in [5, 5.41) is 0. The Morgan fingerprint density at radius 2 is 0.304 bits per heavy atom. The van der Waals surface area contributed by atoms with E-state index in [4.69, 9.17) is 14.2 Å².